The average Bonchev–Trinajstić information content (AvgIpc) is 2.59. The zero-order valence-electron chi connectivity index (χ0n) is 15.3. The van der Waals surface area contributed by atoms with Crippen molar-refractivity contribution < 1.29 is 9.84 Å². The Balaban J connectivity index is 2.00. The van der Waals surface area contributed by atoms with Crippen LogP contribution in [0.25, 0.3) is 0 Å². The summed E-state index contributed by atoms with van der Waals surface area (Å²) in [6, 6.07) is 11.2. The van der Waals surface area contributed by atoms with Gasteiger partial charge in [0.1, 0.15) is 11.5 Å². The van der Waals surface area contributed by atoms with Gasteiger partial charge in [0.2, 0.25) is 5.88 Å². The third-order valence-electron chi connectivity index (χ3n) is 5.00. The fourth-order valence-corrected chi connectivity index (χ4v) is 3.68. The molecule has 6 heteroatoms. The highest BCUT2D eigenvalue weighted by Crippen LogP contribution is 2.47. The van der Waals surface area contributed by atoms with E-state index in [4.69, 9.17) is 4.74 Å². The summed E-state index contributed by atoms with van der Waals surface area (Å²) in [6.07, 6.45) is 0. The largest absolute Gasteiger partial charge is 0.508 e. The van der Waals surface area contributed by atoms with Gasteiger partial charge >= 0.3 is 5.69 Å². The molecule has 138 valence electrons. The van der Waals surface area contributed by atoms with Crippen LogP contribution in [0.1, 0.15) is 53.5 Å². The lowest BCUT2D eigenvalue weighted by Crippen LogP contribution is -2.30. The fourth-order valence-electron chi connectivity index (χ4n) is 3.68. The summed E-state index contributed by atoms with van der Waals surface area (Å²) in [4.78, 5) is 29.2. The zero-order valence-corrected chi connectivity index (χ0v) is 15.3. The van der Waals surface area contributed by atoms with E-state index in [1.54, 1.807) is 6.07 Å². The predicted octanol–water partition coefficient (Wildman–Crippen LogP) is 3.49. The molecule has 1 unspecified atom stereocenters. The van der Waals surface area contributed by atoms with E-state index in [0.29, 0.717) is 17.2 Å². The topological polar surface area (TPSA) is 95.2 Å². The second-order valence-electron chi connectivity index (χ2n) is 7.18. The van der Waals surface area contributed by atoms with Gasteiger partial charge in [0.15, 0.2) is 0 Å². The quantitative estimate of drug-likeness (QED) is 0.507. The minimum atomic E-state index is -0.631. The first-order valence-electron chi connectivity index (χ1n) is 8.83. The Labute approximate surface area is 155 Å². The minimum Gasteiger partial charge on any atom is -0.508 e. The first-order valence-corrected chi connectivity index (χ1v) is 8.83. The highest BCUT2D eigenvalue weighted by Gasteiger charge is 2.34. The maximum atomic E-state index is 12.6. The number of phenols is 1. The van der Waals surface area contributed by atoms with Crippen molar-refractivity contribution in [2.24, 2.45) is 0 Å². The van der Waals surface area contributed by atoms with Crippen LogP contribution in [0.2, 0.25) is 0 Å². The highest BCUT2D eigenvalue weighted by molar-refractivity contribution is 5.60. The van der Waals surface area contributed by atoms with Crippen molar-refractivity contribution in [1.29, 1.82) is 0 Å². The van der Waals surface area contributed by atoms with Gasteiger partial charge in [-0.1, -0.05) is 38.1 Å². The molecular weight excluding hydrogens is 344 g/mol. The number of H-pyrrole nitrogens is 2. The molecule has 0 spiro atoms. The summed E-state index contributed by atoms with van der Waals surface area (Å²) in [5, 5.41) is 9.96. The van der Waals surface area contributed by atoms with Gasteiger partial charge in [0, 0.05) is 17.5 Å². The first kappa shape index (κ1) is 17.1. The summed E-state index contributed by atoms with van der Waals surface area (Å²) in [6.45, 7) is 6.11. The van der Waals surface area contributed by atoms with Gasteiger partial charge in [-0.05, 0) is 35.6 Å². The molecule has 1 aliphatic rings. The number of aryl methyl sites for hydroxylation is 1. The van der Waals surface area contributed by atoms with Crippen LogP contribution in [0.4, 0.5) is 0 Å². The number of aromatic amines is 2. The molecule has 1 atom stereocenters. The van der Waals surface area contributed by atoms with E-state index in [9.17, 15) is 14.7 Å². The van der Waals surface area contributed by atoms with E-state index in [2.05, 4.69) is 23.8 Å². The number of aromatic hydroxyl groups is 1. The number of nitrogens with one attached hydrogen (secondary N) is 2. The van der Waals surface area contributed by atoms with Crippen LogP contribution in [0, 0.1) is 6.92 Å². The SMILES string of the molecule is Cc1cc(O)cc2c1C(c1ccc(C(C)C)cc1)c1c([nH]c(=O)[nH]c1=O)O2. The van der Waals surface area contributed by atoms with Gasteiger partial charge in [-0.3, -0.25) is 14.8 Å². The van der Waals surface area contributed by atoms with Gasteiger partial charge in [-0.2, -0.15) is 0 Å². The monoisotopic (exact) mass is 364 g/mol. The Bertz CT molecular complexity index is 1140. The molecule has 1 aliphatic heterocycles. The van der Waals surface area contributed by atoms with E-state index in [1.165, 1.54) is 11.6 Å². The normalized spacial score (nSPS) is 15.2. The third kappa shape index (κ3) is 2.83. The Morgan fingerprint density at radius 2 is 1.74 bits per heavy atom. The number of fused-ring (bicyclic) bond motifs is 2. The molecule has 6 nitrogen and oxygen atoms in total. The molecule has 2 aromatic carbocycles. The van der Waals surface area contributed by atoms with Crippen molar-refractivity contribution in [1.82, 2.24) is 9.97 Å². The maximum absolute atomic E-state index is 12.6. The molecule has 4 rings (SSSR count). The molecule has 0 bridgehead atoms. The van der Waals surface area contributed by atoms with Crippen LogP contribution < -0.4 is 16.0 Å². The number of hydrogen-bond acceptors (Lipinski definition) is 4. The number of phenolic OH excluding ortho intramolecular Hbond substituents is 1. The molecular formula is C21H20N2O4. The van der Waals surface area contributed by atoms with E-state index in [1.807, 2.05) is 31.2 Å². The van der Waals surface area contributed by atoms with Gasteiger partial charge < -0.3 is 9.84 Å². The second kappa shape index (κ2) is 6.16. The smallest absolute Gasteiger partial charge is 0.328 e. The molecule has 3 aromatic rings. The number of aromatic nitrogens is 2. The molecule has 0 aliphatic carbocycles. The molecule has 0 fully saturated rings. The Morgan fingerprint density at radius 1 is 1.04 bits per heavy atom. The summed E-state index contributed by atoms with van der Waals surface area (Å²) < 4.78 is 5.78. The summed E-state index contributed by atoms with van der Waals surface area (Å²) in [5.41, 5.74) is 2.96. The first-order chi connectivity index (χ1) is 12.8. The number of hydrogen-bond donors (Lipinski definition) is 3. The zero-order chi connectivity index (χ0) is 19.3. The lowest BCUT2D eigenvalue weighted by atomic mass is 9.81. The Hall–Kier alpha value is -3.28. The fraction of sp³-hybridized carbons (Fsp3) is 0.238. The van der Waals surface area contributed by atoms with E-state index in [-0.39, 0.29) is 11.6 Å². The van der Waals surface area contributed by atoms with Gasteiger partial charge in [-0.25, -0.2) is 4.79 Å². The summed E-state index contributed by atoms with van der Waals surface area (Å²) in [7, 11) is 0. The van der Waals surface area contributed by atoms with Crippen molar-refractivity contribution in [2.45, 2.75) is 32.6 Å². The third-order valence-corrected chi connectivity index (χ3v) is 5.00. The number of ether oxygens (including phenoxy) is 1. The number of benzene rings is 2. The van der Waals surface area contributed by atoms with Crippen LogP contribution >= 0.6 is 0 Å². The Kier molecular flexibility index (Phi) is 3.91. The molecule has 0 amide bonds. The van der Waals surface area contributed by atoms with Crippen LogP contribution in [-0.2, 0) is 0 Å². The molecule has 0 saturated carbocycles. The summed E-state index contributed by atoms with van der Waals surface area (Å²) >= 11 is 0. The number of rotatable bonds is 2. The van der Waals surface area contributed by atoms with Gasteiger partial charge in [0.25, 0.3) is 5.56 Å². The maximum Gasteiger partial charge on any atom is 0.328 e. The van der Waals surface area contributed by atoms with Crippen molar-refractivity contribution in [3.8, 4) is 17.4 Å². The molecule has 0 saturated heterocycles. The molecule has 2 heterocycles. The summed E-state index contributed by atoms with van der Waals surface area (Å²) in [5.74, 6) is 0.590. The predicted molar refractivity (Wildman–Crippen MR) is 102 cm³/mol. The lowest BCUT2D eigenvalue weighted by Gasteiger charge is -2.29. The average molecular weight is 364 g/mol. The molecule has 3 N–H and O–H groups in total. The lowest BCUT2D eigenvalue weighted by molar-refractivity contribution is 0.417. The highest BCUT2D eigenvalue weighted by atomic mass is 16.5. The van der Waals surface area contributed by atoms with Crippen molar-refractivity contribution in [3.63, 3.8) is 0 Å². The van der Waals surface area contributed by atoms with Crippen molar-refractivity contribution in [2.75, 3.05) is 0 Å². The van der Waals surface area contributed by atoms with Crippen LogP contribution in [0.15, 0.2) is 46.0 Å². The van der Waals surface area contributed by atoms with Crippen molar-refractivity contribution in [3.05, 3.63) is 85.1 Å². The van der Waals surface area contributed by atoms with Gasteiger partial charge in [-0.15, -0.1) is 0 Å². The van der Waals surface area contributed by atoms with Gasteiger partial charge in [0.05, 0.1) is 5.56 Å². The second-order valence-corrected chi connectivity index (χ2v) is 7.18. The van der Waals surface area contributed by atoms with Crippen molar-refractivity contribution >= 4 is 0 Å². The minimum absolute atomic E-state index is 0.0655. The van der Waals surface area contributed by atoms with E-state index >= 15 is 0 Å². The Morgan fingerprint density at radius 3 is 2.41 bits per heavy atom. The van der Waals surface area contributed by atoms with E-state index in [0.717, 1.165) is 16.7 Å². The standard InChI is InChI=1S/C21H20N2O4/c1-10(2)12-4-6-13(7-5-12)17-16-11(3)8-14(24)9-15(16)27-20-18(17)19(25)22-21(26)23-20/h4-10,17,24H,1-3H3,(H2,22,23,25,26). The molecule has 1 aromatic heterocycles. The van der Waals surface area contributed by atoms with Crippen LogP contribution in [0.3, 0.4) is 0 Å². The van der Waals surface area contributed by atoms with E-state index < -0.39 is 17.2 Å². The molecule has 0 radical (unpaired) electrons. The van der Waals surface area contributed by atoms with Crippen LogP contribution in [-0.4, -0.2) is 15.1 Å². The van der Waals surface area contributed by atoms with Crippen LogP contribution in [0.5, 0.6) is 17.4 Å². The molecule has 27 heavy (non-hydrogen) atoms.